The summed E-state index contributed by atoms with van der Waals surface area (Å²) in [6, 6.07) is 24.9. The fourth-order valence-corrected chi connectivity index (χ4v) is 6.02. The second-order valence-corrected chi connectivity index (χ2v) is 10.1. The maximum Gasteiger partial charge on any atom is 0.298 e. The van der Waals surface area contributed by atoms with Gasteiger partial charge in [0.2, 0.25) is 11.8 Å². The number of hydrogen-bond donors (Lipinski definition) is 0. The van der Waals surface area contributed by atoms with E-state index in [2.05, 4.69) is 0 Å². The Kier molecular flexibility index (Phi) is 10.9. The highest BCUT2D eigenvalue weighted by molar-refractivity contribution is 8.00. The van der Waals surface area contributed by atoms with Crippen molar-refractivity contribution in [3.63, 3.8) is 0 Å². The van der Waals surface area contributed by atoms with E-state index in [9.17, 15) is 14.4 Å². The number of para-hydroxylation sites is 1. The van der Waals surface area contributed by atoms with Gasteiger partial charge in [0.1, 0.15) is 16.9 Å². The van der Waals surface area contributed by atoms with Gasteiger partial charge in [0.25, 0.3) is 6.47 Å². The number of carbonyl (C=O) groups excluding carboxylic acids is 3. The molecule has 1 unspecified atom stereocenters. The lowest BCUT2D eigenvalue weighted by Gasteiger charge is -2.25. The first kappa shape index (κ1) is 28.1. The van der Waals surface area contributed by atoms with Gasteiger partial charge in [0.15, 0.2) is 0 Å². The van der Waals surface area contributed by atoms with Crippen LogP contribution in [0.3, 0.4) is 0 Å². The molecule has 2 amide bonds. The summed E-state index contributed by atoms with van der Waals surface area (Å²) in [5.41, 5.74) is 1.57. The summed E-state index contributed by atoms with van der Waals surface area (Å²) in [6.45, 7) is 4.47. The van der Waals surface area contributed by atoms with Crippen LogP contribution in [0.4, 0.5) is 5.69 Å². The van der Waals surface area contributed by atoms with Gasteiger partial charge in [-0.1, -0.05) is 60.3 Å². The Morgan fingerprint density at radius 3 is 2.14 bits per heavy atom. The Hall–Kier alpha value is -3.43. The first-order chi connectivity index (χ1) is 18.0. The van der Waals surface area contributed by atoms with Crippen LogP contribution < -0.4 is 14.4 Å². The SMILES string of the molecule is CC(=O)N1CCSC1.COc1ccc(OC=O)c(C2Sc3ccccc3N2C(C)=O)c1.c1ccccc1. The standard InChI is InChI=1S/C17H15NO4S.C6H6.C5H9NOS/c1-11(20)18-14-5-3-4-6-16(14)23-17(18)13-9-12(21-2)7-8-15(13)22-10-19;1-2-4-6-5-3-1;1-5(7)6-2-3-8-4-6/h3-10,17H,1-2H3;1-6H;2-4H2,1H3. The predicted octanol–water partition coefficient (Wildman–Crippen LogP) is 5.61. The van der Waals surface area contributed by atoms with E-state index < -0.39 is 0 Å². The molecule has 0 saturated carbocycles. The van der Waals surface area contributed by atoms with E-state index in [1.165, 1.54) is 18.7 Å². The molecule has 37 heavy (non-hydrogen) atoms. The molecule has 9 heteroatoms. The van der Waals surface area contributed by atoms with Crippen molar-refractivity contribution in [2.75, 3.05) is 30.2 Å². The van der Waals surface area contributed by atoms with Gasteiger partial charge >= 0.3 is 0 Å². The summed E-state index contributed by atoms with van der Waals surface area (Å²) < 4.78 is 10.4. The number of thioether (sulfide) groups is 2. The molecule has 1 saturated heterocycles. The second-order valence-electron chi connectivity index (χ2n) is 7.92. The molecule has 1 atom stereocenters. The van der Waals surface area contributed by atoms with Crippen molar-refractivity contribution in [1.82, 2.24) is 4.90 Å². The summed E-state index contributed by atoms with van der Waals surface area (Å²) in [4.78, 5) is 38.1. The lowest BCUT2D eigenvalue weighted by Crippen LogP contribution is -2.28. The molecule has 2 heterocycles. The average molecular weight is 539 g/mol. The largest absolute Gasteiger partial charge is 0.497 e. The Bertz CT molecular complexity index is 1160. The van der Waals surface area contributed by atoms with Gasteiger partial charge in [-0.3, -0.25) is 19.3 Å². The van der Waals surface area contributed by atoms with Crippen molar-refractivity contribution >= 4 is 47.5 Å². The maximum atomic E-state index is 12.2. The van der Waals surface area contributed by atoms with Crippen molar-refractivity contribution in [1.29, 1.82) is 0 Å². The van der Waals surface area contributed by atoms with E-state index in [0.717, 1.165) is 28.8 Å². The van der Waals surface area contributed by atoms with E-state index >= 15 is 0 Å². The zero-order valence-corrected chi connectivity index (χ0v) is 22.7. The quantitative estimate of drug-likeness (QED) is 0.400. The Morgan fingerprint density at radius 2 is 1.62 bits per heavy atom. The first-order valence-corrected chi connectivity index (χ1v) is 13.7. The number of anilines is 1. The number of hydrogen-bond acceptors (Lipinski definition) is 7. The number of methoxy groups -OCH3 is 1. The van der Waals surface area contributed by atoms with Crippen molar-refractivity contribution in [3.8, 4) is 11.5 Å². The molecule has 2 aliphatic rings. The number of amides is 2. The summed E-state index contributed by atoms with van der Waals surface area (Å²) in [5, 5.41) is -0.310. The zero-order chi connectivity index (χ0) is 26.6. The van der Waals surface area contributed by atoms with Gasteiger partial charge in [-0.2, -0.15) is 0 Å². The first-order valence-electron chi connectivity index (χ1n) is 11.6. The molecule has 0 N–H and O–H groups in total. The number of carbonyl (C=O) groups is 3. The Balaban J connectivity index is 0.000000220. The predicted molar refractivity (Wildman–Crippen MR) is 149 cm³/mol. The smallest absolute Gasteiger partial charge is 0.298 e. The van der Waals surface area contributed by atoms with Gasteiger partial charge in [-0.05, 0) is 30.3 Å². The van der Waals surface area contributed by atoms with Crippen molar-refractivity contribution < 1.29 is 23.9 Å². The van der Waals surface area contributed by atoms with Crippen molar-refractivity contribution in [2.45, 2.75) is 24.1 Å². The highest BCUT2D eigenvalue weighted by Gasteiger charge is 2.35. The normalized spacial score (nSPS) is 15.4. The molecule has 0 spiro atoms. The minimum Gasteiger partial charge on any atom is -0.497 e. The number of nitrogens with zero attached hydrogens (tertiary/aromatic N) is 2. The minimum atomic E-state index is -0.310. The summed E-state index contributed by atoms with van der Waals surface area (Å²) in [7, 11) is 1.57. The number of ether oxygens (including phenoxy) is 2. The number of rotatable bonds is 4. The van der Waals surface area contributed by atoms with Crippen LogP contribution in [0.5, 0.6) is 11.5 Å². The van der Waals surface area contributed by atoms with Gasteiger partial charge in [0, 0.05) is 36.6 Å². The van der Waals surface area contributed by atoms with Gasteiger partial charge in [-0.15, -0.1) is 11.8 Å². The van der Waals surface area contributed by atoms with Crippen LogP contribution in [0, 0.1) is 0 Å². The van der Waals surface area contributed by atoms with Crippen molar-refractivity contribution in [3.05, 3.63) is 84.4 Å². The molecule has 0 radical (unpaired) electrons. The lowest BCUT2D eigenvalue weighted by atomic mass is 10.1. The third kappa shape index (κ3) is 7.77. The molecule has 1 fully saturated rings. The van der Waals surface area contributed by atoms with Crippen LogP contribution >= 0.6 is 23.5 Å². The molecular weight excluding hydrogens is 508 g/mol. The van der Waals surface area contributed by atoms with E-state index in [1.807, 2.05) is 77.3 Å². The highest BCUT2D eigenvalue weighted by atomic mass is 32.2. The fraction of sp³-hybridized carbons (Fsp3) is 0.250. The molecular formula is C28H30N2O5S2. The molecule has 194 valence electrons. The van der Waals surface area contributed by atoms with Crippen LogP contribution in [0.1, 0.15) is 24.8 Å². The molecule has 5 rings (SSSR count). The second kappa shape index (κ2) is 14.3. The van der Waals surface area contributed by atoms with E-state index in [-0.39, 0.29) is 17.2 Å². The molecule has 3 aromatic rings. The third-order valence-electron chi connectivity index (χ3n) is 5.46. The molecule has 7 nitrogen and oxygen atoms in total. The third-order valence-corrected chi connectivity index (χ3v) is 7.71. The fourth-order valence-electron chi connectivity index (χ4n) is 3.65. The van der Waals surface area contributed by atoms with E-state index in [1.54, 1.807) is 37.1 Å². The molecule has 3 aromatic carbocycles. The van der Waals surface area contributed by atoms with Crippen LogP contribution in [-0.4, -0.2) is 48.5 Å². The van der Waals surface area contributed by atoms with Crippen LogP contribution in [0.2, 0.25) is 0 Å². The molecule has 0 aromatic heterocycles. The van der Waals surface area contributed by atoms with E-state index in [0.29, 0.717) is 23.5 Å². The topological polar surface area (TPSA) is 76.2 Å². The number of fused-ring (bicyclic) bond motifs is 1. The Labute approximate surface area is 226 Å². The van der Waals surface area contributed by atoms with Gasteiger partial charge in [-0.25, -0.2) is 0 Å². The van der Waals surface area contributed by atoms with Gasteiger partial charge < -0.3 is 14.4 Å². The van der Waals surface area contributed by atoms with E-state index in [4.69, 9.17) is 9.47 Å². The zero-order valence-electron chi connectivity index (χ0n) is 21.0. The molecule has 0 bridgehead atoms. The molecule has 2 aliphatic heterocycles. The summed E-state index contributed by atoms with van der Waals surface area (Å²) >= 11 is 3.35. The van der Waals surface area contributed by atoms with Gasteiger partial charge in [0.05, 0.1) is 18.7 Å². The number of benzene rings is 3. The summed E-state index contributed by atoms with van der Waals surface area (Å²) in [6.07, 6.45) is 0. The minimum absolute atomic E-state index is 0.0766. The highest BCUT2D eigenvalue weighted by Crippen LogP contribution is 2.53. The molecule has 0 aliphatic carbocycles. The lowest BCUT2D eigenvalue weighted by molar-refractivity contribution is -0.127. The monoisotopic (exact) mass is 538 g/mol. The van der Waals surface area contributed by atoms with Crippen LogP contribution in [0.25, 0.3) is 0 Å². The van der Waals surface area contributed by atoms with Crippen molar-refractivity contribution in [2.24, 2.45) is 0 Å². The van der Waals surface area contributed by atoms with Crippen LogP contribution in [-0.2, 0) is 14.4 Å². The summed E-state index contributed by atoms with van der Waals surface area (Å²) in [5.74, 6) is 3.19. The average Bonchev–Trinajstić information content (AvgIpc) is 3.60. The Morgan fingerprint density at radius 1 is 0.946 bits per heavy atom. The van der Waals surface area contributed by atoms with Crippen LogP contribution in [0.15, 0.2) is 83.8 Å². The maximum absolute atomic E-state index is 12.2.